The average Bonchev–Trinajstić information content (AvgIpc) is 2.56. The van der Waals surface area contributed by atoms with Gasteiger partial charge in [-0.1, -0.05) is 24.3 Å². The summed E-state index contributed by atoms with van der Waals surface area (Å²) in [4.78, 5) is 11.8. The first-order valence-corrected chi connectivity index (χ1v) is 7.01. The van der Waals surface area contributed by atoms with E-state index in [-0.39, 0.29) is 12.5 Å². The summed E-state index contributed by atoms with van der Waals surface area (Å²) in [6.45, 7) is 0.868. The lowest BCUT2D eigenvalue weighted by molar-refractivity contribution is -0.121. The van der Waals surface area contributed by atoms with E-state index in [1.165, 1.54) is 0 Å². The molecule has 22 heavy (non-hydrogen) atoms. The van der Waals surface area contributed by atoms with Gasteiger partial charge in [0.25, 0.3) is 0 Å². The second-order valence-corrected chi connectivity index (χ2v) is 4.79. The van der Waals surface area contributed by atoms with Gasteiger partial charge in [0.1, 0.15) is 12.4 Å². The molecule has 1 amide bonds. The van der Waals surface area contributed by atoms with E-state index < -0.39 is 0 Å². The van der Waals surface area contributed by atoms with Crippen LogP contribution in [0.15, 0.2) is 48.5 Å². The minimum Gasteiger partial charge on any atom is -0.497 e. The van der Waals surface area contributed by atoms with E-state index in [0.717, 1.165) is 22.6 Å². The monoisotopic (exact) mass is 300 g/mol. The van der Waals surface area contributed by atoms with E-state index >= 15 is 0 Å². The van der Waals surface area contributed by atoms with Crippen LogP contribution in [0.1, 0.15) is 11.1 Å². The first-order valence-electron chi connectivity index (χ1n) is 7.01. The molecule has 0 aliphatic carbocycles. The molecule has 0 aliphatic heterocycles. The third-order valence-corrected chi connectivity index (χ3v) is 3.13. The molecule has 3 N–H and O–H groups in total. The summed E-state index contributed by atoms with van der Waals surface area (Å²) in [5.74, 6) is 0.608. The van der Waals surface area contributed by atoms with E-state index in [9.17, 15) is 4.79 Å². The predicted octanol–water partition coefficient (Wildman–Crippen LogP) is 2.31. The Bertz CT molecular complexity index is 594. The fraction of sp³-hybridized carbons (Fsp3) is 0.235. The van der Waals surface area contributed by atoms with Gasteiger partial charge in [-0.25, -0.2) is 0 Å². The van der Waals surface area contributed by atoms with Gasteiger partial charge in [0.05, 0.1) is 13.7 Å². The van der Waals surface area contributed by atoms with Gasteiger partial charge in [-0.15, -0.1) is 0 Å². The lowest BCUT2D eigenvalue weighted by Gasteiger charge is -2.07. The van der Waals surface area contributed by atoms with Crippen LogP contribution < -0.4 is 15.8 Å². The van der Waals surface area contributed by atoms with Crippen LogP contribution in [0.2, 0.25) is 0 Å². The summed E-state index contributed by atoms with van der Waals surface area (Å²) in [6, 6.07) is 14.9. The van der Waals surface area contributed by atoms with Crippen molar-refractivity contribution in [3.63, 3.8) is 0 Å². The molecule has 5 nitrogen and oxygen atoms in total. The molecule has 0 aromatic heterocycles. The van der Waals surface area contributed by atoms with Crippen molar-refractivity contribution in [2.75, 3.05) is 19.0 Å². The number of rotatable bonds is 7. The Morgan fingerprint density at radius 1 is 1.05 bits per heavy atom. The van der Waals surface area contributed by atoms with Crippen molar-refractivity contribution in [3.8, 4) is 5.75 Å². The van der Waals surface area contributed by atoms with Gasteiger partial charge in [0, 0.05) is 12.2 Å². The zero-order chi connectivity index (χ0) is 15.8. The summed E-state index contributed by atoms with van der Waals surface area (Å²) in [6.07, 6.45) is 0. The zero-order valence-electron chi connectivity index (χ0n) is 12.5. The SMILES string of the molecule is COc1ccc(COCC(=O)Nc2ccc(CN)cc2)cc1. The topological polar surface area (TPSA) is 73.6 Å². The van der Waals surface area contributed by atoms with Gasteiger partial charge in [-0.2, -0.15) is 0 Å². The van der Waals surface area contributed by atoms with Gasteiger partial charge in [-0.3, -0.25) is 4.79 Å². The highest BCUT2D eigenvalue weighted by molar-refractivity contribution is 5.91. The number of nitrogens with two attached hydrogens (primary N) is 1. The molecule has 2 aromatic carbocycles. The summed E-state index contributed by atoms with van der Waals surface area (Å²) in [5, 5.41) is 2.77. The molecule has 116 valence electrons. The maximum atomic E-state index is 11.8. The zero-order valence-corrected chi connectivity index (χ0v) is 12.5. The Morgan fingerprint density at radius 2 is 1.68 bits per heavy atom. The van der Waals surface area contributed by atoms with Gasteiger partial charge >= 0.3 is 0 Å². The molecule has 2 aromatic rings. The smallest absolute Gasteiger partial charge is 0.250 e. The number of carbonyl (C=O) groups excluding carboxylic acids is 1. The third-order valence-electron chi connectivity index (χ3n) is 3.13. The summed E-state index contributed by atoms with van der Waals surface area (Å²) in [5.41, 5.74) is 8.27. The number of hydrogen-bond donors (Lipinski definition) is 2. The molecule has 0 heterocycles. The number of carbonyl (C=O) groups is 1. The molecule has 2 rings (SSSR count). The number of hydrogen-bond acceptors (Lipinski definition) is 4. The van der Waals surface area contributed by atoms with E-state index in [1.54, 1.807) is 7.11 Å². The van der Waals surface area contributed by atoms with Crippen molar-refractivity contribution in [1.29, 1.82) is 0 Å². The van der Waals surface area contributed by atoms with E-state index in [2.05, 4.69) is 5.32 Å². The molecule has 0 saturated heterocycles. The fourth-order valence-corrected chi connectivity index (χ4v) is 1.90. The van der Waals surface area contributed by atoms with Crippen LogP contribution >= 0.6 is 0 Å². The van der Waals surface area contributed by atoms with Crippen LogP contribution in [-0.4, -0.2) is 19.6 Å². The Morgan fingerprint density at radius 3 is 2.27 bits per heavy atom. The van der Waals surface area contributed by atoms with Gasteiger partial charge in [0.15, 0.2) is 0 Å². The quantitative estimate of drug-likeness (QED) is 0.823. The number of nitrogens with one attached hydrogen (secondary N) is 1. The van der Waals surface area contributed by atoms with Crippen LogP contribution in [0.4, 0.5) is 5.69 Å². The number of benzene rings is 2. The highest BCUT2D eigenvalue weighted by Crippen LogP contribution is 2.12. The maximum Gasteiger partial charge on any atom is 0.250 e. The predicted molar refractivity (Wildman–Crippen MR) is 85.6 cm³/mol. The lowest BCUT2D eigenvalue weighted by Crippen LogP contribution is -2.18. The molecular formula is C17H20N2O3. The summed E-state index contributed by atoms with van der Waals surface area (Å²) < 4.78 is 10.5. The second-order valence-electron chi connectivity index (χ2n) is 4.79. The molecule has 0 bridgehead atoms. The molecule has 0 fully saturated rings. The minimum absolute atomic E-state index is 0.00463. The van der Waals surface area contributed by atoms with E-state index in [0.29, 0.717) is 13.2 Å². The summed E-state index contributed by atoms with van der Waals surface area (Å²) in [7, 11) is 1.62. The van der Waals surface area contributed by atoms with Crippen molar-refractivity contribution < 1.29 is 14.3 Å². The van der Waals surface area contributed by atoms with Crippen molar-refractivity contribution in [2.24, 2.45) is 5.73 Å². The molecule has 0 saturated carbocycles. The van der Waals surface area contributed by atoms with Crippen LogP contribution in [0, 0.1) is 0 Å². The fourth-order valence-electron chi connectivity index (χ4n) is 1.90. The van der Waals surface area contributed by atoms with Crippen molar-refractivity contribution >= 4 is 11.6 Å². The van der Waals surface area contributed by atoms with Crippen LogP contribution in [-0.2, 0) is 22.7 Å². The second kappa shape index (κ2) is 8.17. The normalized spacial score (nSPS) is 10.3. The first kappa shape index (κ1) is 16.0. The average molecular weight is 300 g/mol. The Balaban J connectivity index is 1.74. The summed E-state index contributed by atoms with van der Waals surface area (Å²) >= 11 is 0. The van der Waals surface area contributed by atoms with E-state index in [4.69, 9.17) is 15.2 Å². The number of amides is 1. The molecule has 0 aliphatic rings. The highest BCUT2D eigenvalue weighted by Gasteiger charge is 2.03. The lowest BCUT2D eigenvalue weighted by atomic mass is 10.2. The molecular weight excluding hydrogens is 280 g/mol. The highest BCUT2D eigenvalue weighted by atomic mass is 16.5. The molecule has 0 spiro atoms. The van der Waals surface area contributed by atoms with Crippen LogP contribution in [0.25, 0.3) is 0 Å². The minimum atomic E-state index is -0.186. The number of anilines is 1. The number of ether oxygens (including phenoxy) is 2. The van der Waals surface area contributed by atoms with Crippen LogP contribution in [0.3, 0.4) is 0 Å². The Labute approximate surface area is 130 Å². The van der Waals surface area contributed by atoms with Crippen molar-refractivity contribution in [1.82, 2.24) is 0 Å². The molecule has 0 radical (unpaired) electrons. The largest absolute Gasteiger partial charge is 0.497 e. The van der Waals surface area contributed by atoms with E-state index in [1.807, 2.05) is 48.5 Å². The maximum absolute atomic E-state index is 11.8. The first-order chi connectivity index (χ1) is 10.7. The third kappa shape index (κ3) is 4.87. The molecule has 0 atom stereocenters. The van der Waals surface area contributed by atoms with Crippen LogP contribution in [0.5, 0.6) is 5.75 Å². The molecule has 0 unspecified atom stereocenters. The van der Waals surface area contributed by atoms with Crippen molar-refractivity contribution in [3.05, 3.63) is 59.7 Å². The number of methoxy groups -OCH3 is 1. The van der Waals surface area contributed by atoms with Gasteiger partial charge < -0.3 is 20.5 Å². The van der Waals surface area contributed by atoms with Gasteiger partial charge in [0.2, 0.25) is 5.91 Å². The molecule has 5 heteroatoms. The Kier molecular flexibility index (Phi) is 5.94. The van der Waals surface area contributed by atoms with Crippen molar-refractivity contribution in [2.45, 2.75) is 13.2 Å². The standard InChI is InChI=1S/C17H20N2O3/c1-21-16-8-4-14(5-9-16)11-22-12-17(20)19-15-6-2-13(10-18)3-7-15/h2-9H,10-12,18H2,1H3,(H,19,20). The van der Waals surface area contributed by atoms with Gasteiger partial charge in [-0.05, 0) is 35.4 Å². The Hall–Kier alpha value is -2.37.